The predicted octanol–water partition coefficient (Wildman–Crippen LogP) is 0.493. The molecular weight excluding hydrogens is 162 g/mol. The van der Waals surface area contributed by atoms with E-state index in [-0.39, 0.29) is 0 Å². The Kier molecular flexibility index (Phi) is 1.54. The van der Waals surface area contributed by atoms with Crippen molar-refractivity contribution in [3.05, 3.63) is 0 Å². The zero-order valence-corrected chi connectivity index (χ0v) is 7.82. The van der Waals surface area contributed by atoms with Crippen molar-refractivity contribution in [2.75, 3.05) is 26.2 Å². The molecule has 3 heteroatoms. The summed E-state index contributed by atoms with van der Waals surface area (Å²) in [7, 11) is 0. The number of hydrogen-bond donors (Lipinski definition) is 0. The van der Waals surface area contributed by atoms with Crippen molar-refractivity contribution in [1.82, 2.24) is 9.80 Å². The molecular formula is C10H15N3. The lowest BCUT2D eigenvalue weighted by Gasteiger charge is -2.19. The second-order valence-corrected chi connectivity index (χ2v) is 4.57. The van der Waals surface area contributed by atoms with E-state index in [1.165, 1.54) is 25.9 Å². The highest BCUT2D eigenvalue weighted by atomic mass is 15.3. The van der Waals surface area contributed by atoms with Crippen LogP contribution in [-0.4, -0.2) is 42.0 Å². The van der Waals surface area contributed by atoms with Gasteiger partial charge in [-0.25, -0.2) is 0 Å². The first-order valence-electron chi connectivity index (χ1n) is 5.29. The van der Waals surface area contributed by atoms with Gasteiger partial charge in [-0.05, 0) is 37.8 Å². The second-order valence-electron chi connectivity index (χ2n) is 4.57. The van der Waals surface area contributed by atoms with Gasteiger partial charge in [0.15, 0.2) is 6.19 Å². The summed E-state index contributed by atoms with van der Waals surface area (Å²) in [5, 5.41) is 8.72. The molecule has 2 heterocycles. The molecule has 13 heavy (non-hydrogen) atoms. The lowest BCUT2D eigenvalue weighted by Crippen LogP contribution is -2.31. The van der Waals surface area contributed by atoms with Gasteiger partial charge >= 0.3 is 0 Å². The fourth-order valence-corrected chi connectivity index (χ4v) is 3.16. The molecule has 0 aromatic heterocycles. The van der Waals surface area contributed by atoms with Gasteiger partial charge in [0, 0.05) is 19.1 Å². The van der Waals surface area contributed by atoms with Crippen LogP contribution in [0.5, 0.6) is 0 Å². The van der Waals surface area contributed by atoms with Crippen molar-refractivity contribution in [2.24, 2.45) is 11.8 Å². The van der Waals surface area contributed by atoms with Gasteiger partial charge in [-0.15, -0.1) is 0 Å². The number of nitriles is 1. The van der Waals surface area contributed by atoms with E-state index in [9.17, 15) is 0 Å². The number of piperidine rings is 1. The van der Waals surface area contributed by atoms with Crippen LogP contribution in [0.25, 0.3) is 0 Å². The third-order valence-corrected chi connectivity index (χ3v) is 3.85. The molecule has 70 valence electrons. The minimum absolute atomic E-state index is 0.831. The third-order valence-electron chi connectivity index (χ3n) is 3.85. The van der Waals surface area contributed by atoms with E-state index in [4.69, 9.17) is 5.26 Å². The molecule has 0 aromatic rings. The van der Waals surface area contributed by atoms with Crippen molar-refractivity contribution >= 4 is 0 Å². The molecule has 3 nitrogen and oxygen atoms in total. The van der Waals surface area contributed by atoms with E-state index in [0.717, 1.165) is 31.0 Å². The van der Waals surface area contributed by atoms with E-state index in [2.05, 4.69) is 11.1 Å². The molecule has 3 fully saturated rings. The van der Waals surface area contributed by atoms with Crippen molar-refractivity contribution in [3.63, 3.8) is 0 Å². The number of rotatable bonds is 1. The van der Waals surface area contributed by atoms with E-state index >= 15 is 0 Å². The van der Waals surface area contributed by atoms with Crippen LogP contribution in [0.2, 0.25) is 0 Å². The Hall–Kier alpha value is -0.750. The van der Waals surface area contributed by atoms with Gasteiger partial charge < -0.3 is 4.90 Å². The fourth-order valence-electron chi connectivity index (χ4n) is 3.16. The Labute approximate surface area is 78.9 Å². The monoisotopic (exact) mass is 177 g/mol. The molecule has 0 radical (unpaired) electrons. The van der Waals surface area contributed by atoms with Gasteiger partial charge in [-0.1, -0.05) is 0 Å². The maximum absolute atomic E-state index is 8.72. The van der Waals surface area contributed by atoms with E-state index in [1.807, 2.05) is 4.90 Å². The largest absolute Gasteiger partial charge is 0.310 e. The van der Waals surface area contributed by atoms with Crippen LogP contribution in [0.3, 0.4) is 0 Å². The molecule has 3 rings (SSSR count). The zero-order valence-electron chi connectivity index (χ0n) is 7.82. The lowest BCUT2D eigenvalue weighted by atomic mass is 10.3. The Morgan fingerprint density at radius 2 is 1.69 bits per heavy atom. The molecule has 0 N–H and O–H groups in total. The quantitative estimate of drug-likeness (QED) is 0.546. The Bertz CT molecular complexity index is 239. The normalized spacial score (nSPS) is 43.3. The number of likely N-dealkylation sites (tertiary alicyclic amines) is 2. The Morgan fingerprint density at radius 3 is 2.23 bits per heavy atom. The molecule has 1 saturated carbocycles. The molecule has 0 amide bonds. The molecule has 2 saturated heterocycles. The zero-order chi connectivity index (χ0) is 8.84. The van der Waals surface area contributed by atoms with Crippen LogP contribution in [0.15, 0.2) is 0 Å². The summed E-state index contributed by atoms with van der Waals surface area (Å²) in [6.45, 7) is 4.68. The van der Waals surface area contributed by atoms with Gasteiger partial charge in [-0.2, -0.15) is 5.26 Å². The first-order valence-corrected chi connectivity index (χ1v) is 5.29. The van der Waals surface area contributed by atoms with E-state index in [1.54, 1.807) is 0 Å². The number of fused-ring (bicyclic) bond motifs is 1. The second kappa shape index (κ2) is 2.62. The summed E-state index contributed by atoms with van der Waals surface area (Å²) in [6.07, 6.45) is 5.02. The summed E-state index contributed by atoms with van der Waals surface area (Å²) in [5.41, 5.74) is 0. The highest BCUT2D eigenvalue weighted by molar-refractivity contribution is 5.13. The van der Waals surface area contributed by atoms with Crippen LogP contribution in [-0.2, 0) is 0 Å². The van der Waals surface area contributed by atoms with E-state index < -0.39 is 0 Å². The number of hydrogen-bond acceptors (Lipinski definition) is 3. The Balaban J connectivity index is 1.60. The standard InChI is InChI=1S/C10H15N3/c11-7-12-5-8-9(6-12)10(8)13-3-1-2-4-13/h8-10H,1-6H2. The Morgan fingerprint density at radius 1 is 1.08 bits per heavy atom. The van der Waals surface area contributed by atoms with Crippen LogP contribution in [0.1, 0.15) is 12.8 Å². The van der Waals surface area contributed by atoms with Crippen molar-refractivity contribution in [1.29, 1.82) is 5.26 Å². The summed E-state index contributed by atoms with van der Waals surface area (Å²) >= 11 is 0. The third kappa shape index (κ3) is 1.05. The highest BCUT2D eigenvalue weighted by Gasteiger charge is 2.58. The summed E-state index contributed by atoms with van der Waals surface area (Å²) in [4.78, 5) is 4.56. The summed E-state index contributed by atoms with van der Waals surface area (Å²) < 4.78 is 0. The van der Waals surface area contributed by atoms with Crippen molar-refractivity contribution in [3.8, 4) is 6.19 Å². The molecule has 0 spiro atoms. The molecule has 0 aromatic carbocycles. The van der Waals surface area contributed by atoms with Crippen LogP contribution < -0.4 is 0 Å². The van der Waals surface area contributed by atoms with Gasteiger partial charge in [0.2, 0.25) is 0 Å². The van der Waals surface area contributed by atoms with Crippen LogP contribution in [0, 0.1) is 23.3 Å². The number of nitrogens with zero attached hydrogens (tertiary/aromatic N) is 3. The van der Waals surface area contributed by atoms with Gasteiger partial charge in [-0.3, -0.25) is 4.90 Å². The highest BCUT2D eigenvalue weighted by Crippen LogP contribution is 2.49. The molecule has 1 aliphatic carbocycles. The SMILES string of the molecule is N#CN1CC2C(C1)C2N1CCCC1. The summed E-state index contributed by atoms with van der Waals surface area (Å²) in [5.74, 6) is 1.66. The lowest BCUT2D eigenvalue weighted by molar-refractivity contribution is 0.263. The van der Waals surface area contributed by atoms with Gasteiger partial charge in [0.1, 0.15) is 0 Å². The molecule has 3 aliphatic rings. The minimum Gasteiger partial charge on any atom is -0.310 e. The molecule has 2 unspecified atom stereocenters. The average Bonchev–Trinajstić information content (AvgIpc) is 2.69. The van der Waals surface area contributed by atoms with Crippen LogP contribution in [0.4, 0.5) is 0 Å². The molecule has 0 bridgehead atoms. The maximum Gasteiger partial charge on any atom is 0.179 e. The fraction of sp³-hybridized carbons (Fsp3) is 0.900. The predicted molar refractivity (Wildman–Crippen MR) is 48.8 cm³/mol. The van der Waals surface area contributed by atoms with Gasteiger partial charge in [0.05, 0.1) is 0 Å². The van der Waals surface area contributed by atoms with E-state index in [0.29, 0.717) is 0 Å². The maximum atomic E-state index is 8.72. The smallest absolute Gasteiger partial charge is 0.179 e. The van der Waals surface area contributed by atoms with Crippen LogP contribution >= 0.6 is 0 Å². The molecule has 2 atom stereocenters. The first kappa shape index (κ1) is 7.64. The molecule has 2 aliphatic heterocycles. The van der Waals surface area contributed by atoms with Crippen molar-refractivity contribution < 1.29 is 0 Å². The average molecular weight is 177 g/mol. The van der Waals surface area contributed by atoms with Crippen molar-refractivity contribution in [2.45, 2.75) is 18.9 Å². The topological polar surface area (TPSA) is 30.3 Å². The summed E-state index contributed by atoms with van der Waals surface area (Å²) in [6, 6.07) is 0.854. The van der Waals surface area contributed by atoms with Gasteiger partial charge in [0.25, 0.3) is 0 Å². The first-order chi connectivity index (χ1) is 6.40. The minimum atomic E-state index is 0.831.